The Labute approximate surface area is 104 Å². The summed E-state index contributed by atoms with van der Waals surface area (Å²) in [6.45, 7) is 0. The first-order valence-electron chi connectivity index (χ1n) is 4.39. The number of halogens is 4. The Hall–Kier alpha value is -1.90. The number of nitrogens with zero attached hydrogens (tertiary/aromatic N) is 2. The number of urea groups is 1. The Morgan fingerprint density at radius 1 is 1.28 bits per heavy atom. The standard InChI is InChI=1S/C8H6ClF3N4O2/c9-1-5(17)16-7(18)15-4-2-13-6(14-3-4)8(10,11)12/h2-3H,1H2,(H2,15,16,17,18). The molecule has 0 aliphatic carbocycles. The number of anilines is 1. The van der Waals surface area contributed by atoms with Crippen molar-refractivity contribution in [2.75, 3.05) is 11.2 Å². The van der Waals surface area contributed by atoms with Crippen molar-refractivity contribution in [3.05, 3.63) is 18.2 Å². The number of aromatic nitrogens is 2. The van der Waals surface area contributed by atoms with E-state index >= 15 is 0 Å². The van der Waals surface area contributed by atoms with Crippen LogP contribution in [0, 0.1) is 0 Å². The number of carbonyl (C=O) groups excluding carboxylic acids is 2. The van der Waals surface area contributed by atoms with Crippen LogP contribution in [0.3, 0.4) is 0 Å². The summed E-state index contributed by atoms with van der Waals surface area (Å²) in [7, 11) is 0. The second-order valence-corrected chi connectivity index (χ2v) is 3.20. The summed E-state index contributed by atoms with van der Waals surface area (Å²) in [5.74, 6) is -2.50. The summed E-state index contributed by atoms with van der Waals surface area (Å²) in [4.78, 5) is 27.8. The van der Waals surface area contributed by atoms with Gasteiger partial charge in [0.25, 0.3) is 0 Å². The maximum absolute atomic E-state index is 12.1. The number of alkyl halides is 4. The molecule has 0 aromatic carbocycles. The van der Waals surface area contributed by atoms with Crippen molar-refractivity contribution in [1.29, 1.82) is 0 Å². The van der Waals surface area contributed by atoms with Crippen molar-refractivity contribution in [1.82, 2.24) is 15.3 Å². The highest BCUT2D eigenvalue weighted by molar-refractivity contribution is 6.28. The van der Waals surface area contributed by atoms with Gasteiger partial charge in [0.2, 0.25) is 11.7 Å². The maximum atomic E-state index is 12.1. The summed E-state index contributed by atoms with van der Waals surface area (Å²) < 4.78 is 36.3. The molecule has 0 spiro atoms. The average Bonchev–Trinajstić information content (AvgIpc) is 2.28. The van der Waals surface area contributed by atoms with E-state index in [0.717, 1.165) is 12.4 Å². The van der Waals surface area contributed by atoms with E-state index in [4.69, 9.17) is 11.6 Å². The largest absolute Gasteiger partial charge is 0.451 e. The number of imide groups is 1. The van der Waals surface area contributed by atoms with Crippen LogP contribution < -0.4 is 10.6 Å². The van der Waals surface area contributed by atoms with Crippen molar-refractivity contribution in [2.24, 2.45) is 0 Å². The maximum Gasteiger partial charge on any atom is 0.451 e. The quantitative estimate of drug-likeness (QED) is 0.803. The van der Waals surface area contributed by atoms with E-state index in [2.05, 4.69) is 15.3 Å². The zero-order valence-electron chi connectivity index (χ0n) is 8.58. The monoisotopic (exact) mass is 282 g/mol. The first kappa shape index (κ1) is 14.2. The Morgan fingerprint density at radius 2 is 1.83 bits per heavy atom. The molecule has 0 bridgehead atoms. The molecular weight excluding hydrogens is 277 g/mol. The lowest BCUT2D eigenvalue weighted by molar-refractivity contribution is -0.145. The zero-order valence-corrected chi connectivity index (χ0v) is 9.34. The number of hydrogen-bond donors (Lipinski definition) is 2. The van der Waals surface area contributed by atoms with E-state index in [9.17, 15) is 22.8 Å². The smallest absolute Gasteiger partial charge is 0.305 e. The molecule has 0 radical (unpaired) electrons. The van der Waals surface area contributed by atoms with Gasteiger partial charge in [-0.2, -0.15) is 13.2 Å². The van der Waals surface area contributed by atoms with Gasteiger partial charge in [-0.25, -0.2) is 14.8 Å². The van der Waals surface area contributed by atoms with Gasteiger partial charge in [-0.15, -0.1) is 11.6 Å². The van der Waals surface area contributed by atoms with E-state index in [1.807, 2.05) is 5.32 Å². The van der Waals surface area contributed by atoms with E-state index in [0.29, 0.717) is 0 Å². The average molecular weight is 283 g/mol. The summed E-state index contributed by atoms with van der Waals surface area (Å²) in [5, 5.41) is 3.89. The van der Waals surface area contributed by atoms with Crippen LogP contribution in [0.5, 0.6) is 0 Å². The molecule has 2 N–H and O–H groups in total. The number of amides is 3. The van der Waals surface area contributed by atoms with Crippen molar-refractivity contribution in [2.45, 2.75) is 6.18 Å². The van der Waals surface area contributed by atoms with Crippen LogP contribution in [-0.2, 0) is 11.0 Å². The minimum absolute atomic E-state index is 0.0946. The fraction of sp³-hybridized carbons (Fsp3) is 0.250. The third kappa shape index (κ3) is 4.17. The molecule has 1 aromatic heterocycles. The minimum Gasteiger partial charge on any atom is -0.305 e. The lowest BCUT2D eigenvalue weighted by Gasteiger charge is -2.07. The zero-order chi connectivity index (χ0) is 13.8. The van der Waals surface area contributed by atoms with Crippen LogP contribution in [0.2, 0.25) is 0 Å². The molecule has 1 rings (SSSR count). The highest BCUT2D eigenvalue weighted by Gasteiger charge is 2.34. The van der Waals surface area contributed by atoms with Gasteiger partial charge < -0.3 is 5.32 Å². The molecule has 0 saturated carbocycles. The molecule has 0 aliphatic heterocycles. The van der Waals surface area contributed by atoms with Gasteiger partial charge in [-0.05, 0) is 0 Å². The molecule has 3 amide bonds. The van der Waals surface area contributed by atoms with Gasteiger partial charge in [-0.1, -0.05) is 0 Å². The predicted octanol–water partition coefficient (Wildman–Crippen LogP) is 1.38. The van der Waals surface area contributed by atoms with Gasteiger partial charge >= 0.3 is 12.2 Å². The molecule has 0 saturated heterocycles. The highest BCUT2D eigenvalue weighted by Crippen LogP contribution is 2.25. The first-order valence-corrected chi connectivity index (χ1v) is 4.92. The number of carbonyl (C=O) groups is 2. The molecule has 0 aliphatic rings. The van der Waals surface area contributed by atoms with E-state index < -0.39 is 29.8 Å². The normalized spacial score (nSPS) is 10.9. The molecule has 0 atom stereocenters. The van der Waals surface area contributed by atoms with Gasteiger partial charge in [0.15, 0.2) is 0 Å². The van der Waals surface area contributed by atoms with Crippen LogP contribution in [0.15, 0.2) is 12.4 Å². The van der Waals surface area contributed by atoms with E-state index in [-0.39, 0.29) is 5.69 Å². The van der Waals surface area contributed by atoms with Crippen LogP contribution in [0.1, 0.15) is 5.82 Å². The van der Waals surface area contributed by atoms with Gasteiger partial charge in [-0.3, -0.25) is 10.1 Å². The highest BCUT2D eigenvalue weighted by atomic mass is 35.5. The lowest BCUT2D eigenvalue weighted by atomic mass is 10.5. The van der Waals surface area contributed by atoms with Gasteiger partial charge in [0, 0.05) is 0 Å². The Balaban J connectivity index is 2.64. The third-order valence-electron chi connectivity index (χ3n) is 1.54. The van der Waals surface area contributed by atoms with E-state index in [1.165, 1.54) is 0 Å². The van der Waals surface area contributed by atoms with Crippen LogP contribution in [0.4, 0.5) is 23.7 Å². The second kappa shape index (κ2) is 5.63. The van der Waals surface area contributed by atoms with Crippen LogP contribution >= 0.6 is 11.6 Å². The molecule has 1 heterocycles. The SMILES string of the molecule is O=C(CCl)NC(=O)Nc1cnc(C(F)(F)F)nc1. The number of hydrogen-bond acceptors (Lipinski definition) is 4. The van der Waals surface area contributed by atoms with Gasteiger partial charge in [0.1, 0.15) is 5.88 Å². The molecule has 18 heavy (non-hydrogen) atoms. The topological polar surface area (TPSA) is 84.0 Å². The van der Waals surface area contributed by atoms with Gasteiger partial charge in [0.05, 0.1) is 18.1 Å². The van der Waals surface area contributed by atoms with Crippen molar-refractivity contribution in [3.63, 3.8) is 0 Å². The van der Waals surface area contributed by atoms with Crippen molar-refractivity contribution >= 4 is 29.2 Å². The molecule has 98 valence electrons. The van der Waals surface area contributed by atoms with E-state index in [1.54, 1.807) is 0 Å². The van der Waals surface area contributed by atoms with Crippen LogP contribution in [-0.4, -0.2) is 27.8 Å². The molecule has 10 heteroatoms. The Kier molecular flexibility index (Phi) is 4.43. The molecule has 6 nitrogen and oxygen atoms in total. The molecule has 1 aromatic rings. The van der Waals surface area contributed by atoms with Crippen molar-refractivity contribution in [3.8, 4) is 0 Å². The Morgan fingerprint density at radius 3 is 2.28 bits per heavy atom. The fourth-order valence-corrected chi connectivity index (χ4v) is 0.928. The molecule has 0 fully saturated rings. The third-order valence-corrected chi connectivity index (χ3v) is 1.78. The summed E-state index contributed by atoms with van der Waals surface area (Å²) >= 11 is 5.13. The summed E-state index contributed by atoms with van der Waals surface area (Å²) in [6, 6.07) is -0.941. The fourth-order valence-electron chi connectivity index (χ4n) is 0.861. The lowest BCUT2D eigenvalue weighted by Crippen LogP contribution is -2.35. The molecule has 0 unspecified atom stereocenters. The molecular formula is C8H6ClF3N4O2. The predicted molar refractivity (Wildman–Crippen MR) is 54.9 cm³/mol. The Bertz CT molecular complexity index is 449. The van der Waals surface area contributed by atoms with Crippen molar-refractivity contribution < 1.29 is 22.8 Å². The number of nitrogens with one attached hydrogen (secondary N) is 2. The first-order chi connectivity index (χ1) is 8.32. The van der Waals surface area contributed by atoms with Crippen LogP contribution in [0.25, 0.3) is 0 Å². The minimum atomic E-state index is -4.66. The number of rotatable bonds is 2. The second-order valence-electron chi connectivity index (χ2n) is 2.93. The summed E-state index contributed by atoms with van der Waals surface area (Å²) in [5.41, 5.74) is -0.0946. The summed E-state index contributed by atoms with van der Waals surface area (Å²) in [6.07, 6.45) is -3.13.